The van der Waals surface area contributed by atoms with Crippen molar-refractivity contribution in [3.05, 3.63) is 24.3 Å². The largest absolute Gasteiger partial charge is 0.390 e. The van der Waals surface area contributed by atoms with Gasteiger partial charge in [-0.15, -0.1) is 6.58 Å². The second-order valence-corrected chi connectivity index (χ2v) is 6.05. The number of hydrogen-bond acceptors (Lipinski definition) is 4. The van der Waals surface area contributed by atoms with E-state index in [2.05, 4.69) is 6.58 Å². The number of aliphatic hydroxyl groups is 4. The van der Waals surface area contributed by atoms with Gasteiger partial charge >= 0.3 is 0 Å². The number of aliphatic hydroxyl groups excluding tert-OH is 2. The predicted molar refractivity (Wildman–Crippen MR) is 76.7 cm³/mol. The summed E-state index contributed by atoms with van der Waals surface area (Å²) in [5.74, 6) is 0. The molecule has 19 heavy (non-hydrogen) atoms. The standard InChI is InChI=1S/C15H28O4/c1-6-15(5,19)10-12(16)9-11(2)7-8-13(17)14(3,4)18/h6,9,12-13,16-19H,1,7-8,10H2,2-5H3. The van der Waals surface area contributed by atoms with Crippen molar-refractivity contribution in [2.45, 2.75) is 70.4 Å². The summed E-state index contributed by atoms with van der Waals surface area (Å²) >= 11 is 0. The van der Waals surface area contributed by atoms with Crippen molar-refractivity contribution in [2.24, 2.45) is 0 Å². The first-order valence-corrected chi connectivity index (χ1v) is 6.59. The summed E-state index contributed by atoms with van der Waals surface area (Å²) in [6.45, 7) is 10.1. The summed E-state index contributed by atoms with van der Waals surface area (Å²) in [5.41, 5.74) is -1.30. The van der Waals surface area contributed by atoms with E-state index in [0.717, 1.165) is 5.57 Å². The van der Waals surface area contributed by atoms with Gasteiger partial charge in [-0.25, -0.2) is 0 Å². The fraction of sp³-hybridized carbons (Fsp3) is 0.733. The lowest BCUT2D eigenvalue weighted by Gasteiger charge is -2.24. The molecule has 3 unspecified atom stereocenters. The summed E-state index contributed by atoms with van der Waals surface area (Å²) in [6, 6.07) is 0. The van der Waals surface area contributed by atoms with Gasteiger partial charge in [0.15, 0.2) is 0 Å². The maximum absolute atomic E-state index is 9.82. The van der Waals surface area contributed by atoms with E-state index >= 15 is 0 Å². The topological polar surface area (TPSA) is 80.9 Å². The van der Waals surface area contributed by atoms with Gasteiger partial charge in [0, 0.05) is 6.42 Å². The van der Waals surface area contributed by atoms with E-state index in [0.29, 0.717) is 12.8 Å². The highest BCUT2D eigenvalue weighted by molar-refractivity contribution is 5.05. The van der Waals surface area contributed by atoms with Crippen molar-refractivity contribution >= 4 is 0 Å². The number of rotatable bonds is 8. The zero-order chi connectivity index (χ0) is 15.3. The maximum Gasteiger partial charge on any atom is 0.0849 e. The van der Waals surface area contributed by atoms with Gasteiger partial charge in [-0.3, -0.25) is 0 Å². The third-order valence-corrected chi connectivity index (χ3v) is 3.17. The molecule has 4 heteroatoms. The molecule has 0 saturated carbocycles. The van der Waals surface area contributed by atoms with Crippen LogP contribution in [-0.4, -0.2) is 43.8 Å². The van der Waals surface area contributed by atoms with E-state index in [9.17, 15) is 20.4 Å². The van der Waals surface area contributed by atoms with E-state index in [-0.39, 0.29) is 6.42 Å². The second kappa shape index (κ2) is 7.20. The Morgan fingerprint density at radius 2 is 1.74 bits per heavy atom. The molecule has 0 spiro atoms. The van der Waals surface area contributed by atoms with Crippen molar-refractivity contribution in [2.75, 3.05) is 0 Å². The van der Waals surface area contributed by atoms with E-state index < -0.39 is 23.4 Å². The van der Waals surface area contributed by atoms with Gasteiger partial charge in [0.1, 0.15) is 0 Å². The molecule has 0 amide bonds. The Morgan fingerprint density at radius 3 is 2.16 bits per heavy atom. The second-order valence-electron chi connectivity index (χ2n) is 6.05. The minimum absolute atomic E-state index is 0.182. The Morgan fingerprint density at radius 1 is 1.21 bits per heavy atom. The zero-order valence-corrected chi connectivity index (χ0v) is 12.4. The first kappa shape index (κ1) is 18.3. The Bertz CT molecular complexity index is 313. The summed E-state index contributed by atoms with van der Waals surface area (Å²) < 4.78 is 0. The lowest BCUT2D eigenvalue weighted by atomic mass is 9.94. The monoisotopic (exact) mass is 272 g/mol. The molecule has 0 aromatic carbocycles. The van der Waals surface area contributed by atoms with Crippen molar-refractivity contribution in [1.82, 2.24) is 0 Å². The van der Waals surface area contributed by atoms with Crippen LogP contribution in [0.2, 0.25) is 0 Å². The van der Waals surface area contributed by atoms with Crippen LogP contribution in [0.4, 0.5) is 0 Å². The highest BCUT2D eigenvalue weighted by atomic mass is 16.3. The van der Waals surface area contributed by atoms with Crippen LogP contribution in [0.1, 0.15) is 47.0 Å². The van der Waals surface area contributed by atoms with E-state index in [1.807, 2.05) is 6.92 Å². The molecule has 0 bridgehead atoms. The summed E-state index contributed by atoms with van der Waals surface area (Å²) in [4.78, 5) is 0. The number of allylic oxidation sites excluding steroid dienone is 1. The molecule has 112 valence electrons. The first-order valence-electron chi connectivity index (χ1n) is 6.59. The minimum Gasteiger partial charge on any atom is -0.390 e. The van der Waals surface area contributed by atoms with Crippen molar-refractivity contribution in [3.8, 4) is 0 Å². The molecule has 0 aliphatic heterocycles. The average Bonchev–Trinajstić information content (AvgIpc) is 2.23. The van der Waals surface area contributed by atoms with Crippen LogP contribution < -0.4 is 0 Å². The summed E-state index contributed by atoms with van der Waals surface area (Å²) in [5, 5.41) is 38.9. The van der Waals surface area contributed by atoms with Crippen molar-refractivity contribution < 1.29 is 20.4 Å². The van der Waals surface area contributed by atoms with Gasteiger partial charge in [-0.1, -0.05) is 17.7 Å². The van der Waals surface area contributed by atoms with Gasteiger partial charge < -0.3 is 20.4 Å². The molecule has 0 radical (unpaired) electrons. The molecule has 0 fully saturated rings. The van der Waals surface area contributed by atoms with E-state index in [4.69, 9.17) is 0 Å². The van der Waals surface area contributed by atoms with E-state index in [1.165, 1.54) is 6.08 Å². The molecule has 4 N–H and O–H groups in total. The Labute approximate surface area is 116 Å². The minimum atomic E-state index is -1.12. The normalized spacial score (nSPS) is 19.7. The quantitative estimate of drug-likeness (QED) is 0.505. The Balaban J connectivity index is 4.31. The van der Waals surface area contributed by atoms with E-state index in [1.54, 1.807) is 26.8 Å². The third-order valence-electron chi connectivity index (χ3n) is 3.17. The van der Waals surface area contributed by atoms with Gasteiger partial charge in [0.25, 0.3) is 0 Å². The van der Waals surface area contributed by atoms with Crippen LogP contribution in [0.3, 0.4) is 0 Å². The van der Waals surface area contributed by atoms with Crippen LogP contribution in [0.5, 0.6) is 0 Å². The Kier molecular flexibility index (Phi) is 6.94. The molecule has 4 nitrogen and oxygen atoms in total. The fourth-order valence-electron chi connectivity index (χ4n) is 1.70. The highest BCUT2D eigenvalue weighted by Gasteiger charge is 2.24. The lowest BCUT2D eigenvalue weighted by Crippen LogP contribution is -2.35. The molecule has 0 aromatic rings. The summed E-state index contributed by atoms with van der Waals surface area (Å²) in [6.07, 6.45) is 2.69. The van der Waals surface area contributed by atoms with Gasteiger partial charge in [0.2, 0.25) is 0 Å². The Hall–Kier alpha value is -0.680. The average molecular weight is 272 g/mol. The van der Waals surface area contributed by atoms with Crippen LogP contribution in [0.25, 0.3) is 0 Å². The van der Waals surface area contributed by atoms with Crippen LogP contribution in [0, 0.1) is 0 Å². The molecule has 0 saturated heterocycles. The predicted octanol–water partition coefficient (Wildman–Crippen LogP) is 1.53. The molecule has 0 heterocycles. The SMILES string of the molecule is C=CC(C)(O)CC(O)C=C(C)CCC(O)C(C)(C)O. The molecule has 3 atom stereocenters. The maximum atomic E-state index is 9.82. The van der Waals surface area contributed by atoms with Crippen molar-refractivity contribution in [3.63, 3.8) is 0 Å². The fourth-order valence-corrected chi connectivity index (χ4v) is 1.70. The zero-order valence-electron chi connectivity index (χ0n) is 12.4. The smallest absolute Gasteiger partial charge is 0.0849 e. The number of hydrogen-bond donors (Lipinski definition) is 4. The molecule has 0 aliphatic rings. The first-order chi connectivity index (χ1) is 8.48. The molecule has 0 aliphatic carbocycles. The molecular weight excluding hydrogens is 244 g/mol. The van der Waals surface area contributed by atoms with Crippen molar-refractivity contribution in [1.29, 1.82) is 0 Å². The molecule has 0 rings (SSSR count). The molecular formula is C15H28O4. The van der Waals surface area contributed by atoms with Crippen LogP contribution in [0.15, 0.2) is 24.3 Å². The van der Waals surface area contributed by atoms with Gasteiger partial charge in [-0.2, -0.15) is 0 Å². The highest BCUT2D eigenvalue weighted by Crippen LogP contribution is 2.19. The van der Waals surface area contributed by atoms with Crippen LogP contribution >= 0.6 is 0 Å². The van der Waals surface area contributed by atoms with Gasteiger partial charge in [0.05, 0.1) is 23.4 Å². The third kappa shape index (κ3) is 8.16. The summed E-state index contributed by atoms with van der Waals surface area (Å²) in [7, 11) is 0. The van der Waals surface area contributed by atoms with Crippen LogP contribution in [-0.2, 0) is 0 Å². The lowest BCUT2D eigenvalue weighted by molar-refractivity contribution is -0.0510. The molecule has 0 aromatic heterocycles. The van der Waals surface area contributed by atoms with Gasteiger partial charge in [-0.05, 0) is 40.5 Å².